The van der Waals surface area contributed by atoms with E-state index in [0.29, 0.717) is 22.3 Å². The summed E-state index contributed by atoms with van der Waals surface area (Å²) in [6.45, 7) is 10.00. The van der Waals surface area contributed by atoms with Crippen molar-refractivity contribution in [3.63, 3.8) is 0 Å². The molecule has 1 N–H and O–H groups in total. The maximum absolute atomic E-state index is 12.5. The van der Waals surface area contributed by atoms with Crippen LogP contribution in [0.1, 0.15) is 39.6 Å². The lowest BCUT2D eigenvalue weighted by Gasteiger charge is -2.07. The average Bonchev–Trinajstić information content (AvgIpc) is 3.19. The molecule has 0 aliphatic heterocycles. The molecule has 0 saturated carbocycles. The zero-order valence-electron chi connectivity index (χ0n) is 16.3. The van der Waals surface area contributed by atoms with Crippen molar-refractivity contribution in [2.24, 2.45) is 0 Å². The Labute approximate surface area is 170 Å². The SMILES string of the molecule is Cc1cc(C)cc(-c2nnc(SC(C)c3nc4sc(C)c(C)c4c(=O)[nH]3)o2)c1. The number of nitrogens with zero attached hydrogens (tertiary/aromatic N) is 3. The molecule has 8 heteroatoms. The van der Waals surface area contributed by atoms with Crippen LogP contribution in [0.3, 0.4) is 0 Å². The van der Waals surface area contributed by atoms with Crippen LogP contribution in [0.5, 0.6) is 0 Å². The molecule has 0 saturated heterocycles. The fraction of sp³-hybridized carbons (Fsp3) is 0.300. The molecule has 3 aromatic heterocycles. The smallest absolute Gasteiger partial charge is 0.277 e. The Kier molecular flexibility index (Phi) is 4.84. The largest absolute Gasteiger partial charge is 0.411 e. The van der Waals surface area contributed by atoms with E-state index in [1.165, 1.54) is 11.8 Å². The molecule has 6 nitrogen and oxygen atoms in total. The maximum Gasteiger partial charge on any atom is 0.277 e. The average molecular weight is 413 g/mol. The number of thiophene rings is 1. The first-order valence-corrected chi connectivity index (χ1v) is 10.6. The third-order valence-electron chi connectivity index (χ3n) is 4.60. The summed E-state index contributed by atoms with van der Waals surface area (Å²) >= 11 is 2.92. The van der Waals surface area contributed by atoms with E-state index in [4.69, 9.17) is 4.42 Å². The normalized spacial score (nSPS) is 12.6. The van der Waals surface area contributed by atoms with E-state index in [-0.39, 0.29) is 10.8 Å². The van der Waals surface area contributed by atoms with E-state index in [1.54, 1.807) is 11.3 Å². The molecule has 0 aliphatic carbocycles. The summed E-state index contributed by atoms with van der Waals surface area (Å²) in [6.07, 6.45) is 0. The second-order valence-electron chi connectivity index (χ2n) is 6.92. The highest BCUT2D eigenvalue weighted by Gasteiger charge is 2.19. The van der Waals surface area contributed by atoms with Gasteiger partial charge in [-0.05, 0) is 52.3 Å². The summed E-state index contributed by atoms with van der Waals surface area (Å²) in [5.41, 5.74) is 4.09. The highest BCUT2D eigenvalue weighted by Crippen LogP contribution is 2.35. The molecular weight excluding hydrogens is 392 g/mol. The second kappa shape index (κ2) is 7.18. The van der Waals surface area contributed by atoms with Gasteiger partial charge in [0, 0.05) is 10.4 Å². The lowest BCUT2D eigenvalue weighted by atomic mass is 10.1. The van der Waals surface area contributed by atoms with Gasteiger partial charge >= 0.3 is 0 Å². The molecule has 1 unspecified atom stereocenters. The van der Waals surface area contributed by atoms with Crippen LogP contribution in [-0.4, -0.2) is 20.2 Å². The number of H-pyrrole nitrogens is 1. The fourth-order valence-electron chi connectivity index (χ4n) is 3.14. The summed E-state index contributed by atoms with van der Waals surface area (Å²) in [6, 6.07) is 6.14. The molecule has 0 fully saturated rings. The maximum atomic E-state index is 12.5. The first-order chi connectivity index (χ1) is 13.3. The zero-order chi connectivity index (χ0) is 20.0. The topological polar surface area (TPSA) is 84.7 Å². The minimum Gasteiger partial charge on any atom is -0.411 e. The number of hydrogen-bond donors (Lipinski definition) is 1. The Morgan fingerprint density at radius 1 is 1.11 bits per heavy atom. The molecule has 144 valence electrons. The zero-order valence-corrected chi connectivity index (χ0v) is 17.9. The van der Waals surface area contributed by atoms with Crippen LogP contribution in [0.15, 0.2) is 32.6 Å². The van der Waals surface area contributed by atoms with Crippen molar-refractivity contribution >= 4 is 33.3 Å². The van der Waals surface area contributed by atoms with Gasteiger partial charge in [0.05, 0.1) is 10.6 Å². The molecule has 1 atom stereocenters. The van der Waals surface area contributed by atoms with Gasteiger partial charge in [-0.1, -0.05) is 29.0 Å². The van der Waals surface area contributed by atoms with Gasteiger partial charge in [-0.2, -0.15) is 0 Å². The van der Waals surface area contributed by atoms with Crippen LogP contribution in [0.25, 0.3) is 21.7 Å². The van der Waals surface area contributed by atoms with E-state index in [0.717, 1.165) is 32.0 Å². The fourth-order valence-corrected chi connectivity index (χ4v) is 4.92. The van der Waals surface area contributed by atoms with Gasteiger partial charge in [-0.3, -0.25) is 4.79 Å². The molecule has 3 heterocycles. The summed E-state index contributed by atoms with van der Waals surface area (Å²) < 4.78 is 5.84. The number of rotatable bonds is 4. The van der Waals surface area contributed by atoms with Crippen molar-refractivity contribution in [2.45, 2.75) is 45.1 Å². The van der Waals surface area contributed by atoms with Crippen molar-refractivity contribution in [2.75, 3.05) is 0 Å². The Hall–Kier alpha value is -2.45. The molecule has 4 aromatic rings. The molecule has 0 spiro atoms. The molecule has 0 bridgehead atoms. The molecular formula is C20H20N4O2S2. The van der Waals surface area contributed by atoms with Crippen molar-refractivity contribution in [1.82, 2.24) is 20.2 Å². The summed E-state index contributed by atoms with van der Waals surface area (Å²) in [4.78, 5) is 21.9. The number of thioether (sulfide) groups is 1. The Morgan fingerprint density at radius 2 is 1.82 bits per heavy atom. The highest BCUT2D eigenvalue weighted by molar-refractivity contribution is 7.99. The number of aromatic nitrogens is 4. The lowest BCUT2D eigenvalue weighted by molar-refractivity contribution is 0.465. The van der Waals surface area contributed by atoms with Gasteiger partial charge in [0.15, 0.2) is 0 Å². The first-order valence-electron chi connectivity index (χ1n) is 8.90. The highest BCUT2D eigenvalue weighted by atomic mass is 32.2. The van der Waals surface area contributed by atoms with Gasteiger partial charge < -0.3 is 9.40 Å². The quantitative estimate of drug-likeness (QED) is 0.468. The summed E-state index contributed by atoms with van der Waals surface area (Å²) in [5.74, 6) is 1.10. The Balaban J connectivity index is 1.61. The van der Waals surface area contributed by atoms with Crippen LogP contribution in [0, 0.1) is 27.7 Å². The van der Waals surface area contributed by atoms with Crippen molar-refractivity contribution in [1.29, 1.82) is 0 Å². The number of nitrogens with one attached hydrogen (secondary N) is 1. The number of aromatic amines is 1. The third-order valence-corrected chi connectivity index (χ3v) is 6.64. The molecule has 0 amide bonds. The van der Waals surface area contributed by atoms with Gasteiger partial charge in [-0.15, -0.1) is 21.5 Å². The van der Waals surface area contributed by atoms with E-state index in [2.05, 4.69) is 26.2 Å². The molecule has 4 rings (SSSR count). The minimum atomic E-state index is -0.132. The molecule has 0 aliphatic rings. The standard InChI is InChI=1S/C20H20N4O2S2/c1-9-6-10(2)8-14(7-9)18-23-24-20(26-18)28-13(5)16-21-17(25)15-11(3)12(4)27-19(15)22-16/h6-8,13H,1-5H3,(H,21,22,25). The number of benzene rings is 1. The van der Waals surface area contributed by atoms with Crippen LogP contribution in [-0.2, 0) is 0 Å². The van der Waals surface area contributed by atoms with E-state index in [9.17, 15) is 4.79 Å². The van der Waals surface area contributed by atoms with Gasteiger partial charge in [-0.25, -0.2) is 4.98 Å². The third kappa shape index (κ3) is 3.49. The number of aryl methyl sites for hydroxylation is 4. The predicted octanol–water partition coefficient (Wildman–Crippen LogP) is 5.12. The Bertz CT molecular complexity index is 1220. The Morgan fingerprint density at radius 3 is 2.54 bits per heavy atom. The van der Waals surface area contributed by atoms with Crippen molar-refractivity contribution in [3.8, 4) is 11.5 Å². The summed E-state index contributed by atoms with van der Waals surface area (Å²) in [7, 11) is 0. The van der Waals surface area contributed by atoms with Gasteiger partial charge in [0.1, 0.15) is 10.7 Å². The van der Waals surface area contributed by atoms with Crippen LogP contribution in [0.4, 0.5) is 0 Å². The first kappa shape index (κ1) is 18.9. The van der Waals surface area contributed by atoms with Crippen molar-refractivity contribution < 1.29 is 4.42 Å². The monoisotopic (exact) mass is 412 g/mol. The predicted molar refractivity (Wildman–Crippen MR) is 113 cm³/mol. The van der Waals surface area contributed by atoms with Gasteiger partial charge in [0.25, 0.3) is 10.8 Å². The van der Waals surface area contributed by atoms with Crippen LogP contribution >= 0.6 is 23.1 Å². The summed E-state index contributed by atoms with van der Waals surface area (Å²) in [5, 5.41) is 9.31. The van der Waals surface area contributed by atoms with E-state index in [1.807, 2.05) is 46.8 Å². The van der Waals surface area contributed by atoms with E-state index < -0.39 is 0 Å². The van der Waals surface area contributed by atoms with E-state index >= 15 is 0 Å². The number of fused-ring (bicyclic) bond motifs is 1. The number of hydrogen-bond acceptors (Lipinski definition) is 7. The molecule has 1 aromatic carbocycles. The van der Waals surface area contributed by atoms with Gasteiger partial charge in [0.2, 0.25) is 5.89 Å². The van der Waals surface area contributed by atoms with Crippen LogP contribution < -0.4 is 5.56 Å². The minimum absolute atomic E-state index is 0.101. The van der Waals surface area contributed by atoms with Crippen molar-refractivity contribution in [3.05, 3.63) is 55.9 Å². The molecule has 0 radical (unpaired) electrons. The second-order valence-corrected chi connectivity index (χ2v) is 9.42. The van der Waals surface area contributed by atoms with Crippen LogP contribution in [0.2, 0.25) is 0 Å². The lowest BCUT2D eigenvalue weighted by Crippen LogP contribution is -2.12. The molecule has 28 heavy (non-hydrogen) atoms.